The molecule has 6 nitrogen and oxygen atoms in total. The standard InChI is InChI=1S/C22H20N2O4/c1-15-8-10-17(11-9-15)24(13-5-12-23)20(25)14-27-22(26)21-16(2)18-6-3-4-7-19(18)28-21/h3-4,6-11H,5,13-14H2,1-2H3. The average molecular weight is 376 g/mol. The van der Waals surface area contributed by atoms with Gasteiger partial charge in [-0.15, -0.1) is 0 Å². The van der Waals surface area contributed by atoms with Gasteiger partial charge in [-0.25, -0.2) is 4.79 Å². The highest BCUT2D eigenvalue weighted by molar-refractivity contribution is 5.99. The topological polar surface area (TPSA) is 83.5 Å². The monoisotopic (exact) mass is 376 g/mol. The summed E-state index contributed by atoms with van der Waals surface area (Å²) >= 11 is 0. The molecule has 0 radical (unpaired) electrons. The molecule has 0 bridgehead atoms. The Kier molecular flexibility index (Phi) is 5.75. The quantitative estimate of drug-likeness (QED) is 0.603. The number of esters is 1. The highest BCUT2D eigenvalue weighted by Gasteiger charge is 2.22. The molecule has 0 aliphatic carbocycles. The minimum absolute atomic E-state index is 0.0907. The molecule has 0 atom stereocenters. The number of hydrogen-bond donors (Lipinski definition) is 0. The molecule has 0 aliphatic heterocycles. The van der Waals surface area contributed by atoms with Gasteiger partial charge in [-0.3, -0.25) is 4.79 Å². The lowest BCUT2D eigenvalue weighted by molar-refractivity contribution is -0.121. The number of carbonyl (C=O) groups is 2. The van der Waals surface area contributed by atoms with E-state index in [1.54, 1.807) is 25.1 Å². The molecule has 1 aromatic heterocycles. The maximum absolute atomic E-state index is 12.6. The molecule has 2 aromatic carbocycles. The summed E-state index contributed by atoms with van der Waals surface area (Å²) in [7, 11) is 0. The molecule has 0 fully saturated rings. The first-order chi connectivity index (χ1) is 13.5. The van der Waals surface area contributed by atoms with Gasteiger partial charge in [0, 0.05) is 23.2 Å². The number of hydrogen-bond acceptors (Lipinski definition) is 5. The fraction of sp³-hybridized carbons (Fsp3) is 0.227. The van der Waals surface area contributed by atoms with E-state index in [2.05, 4.69) is 0 Å². The Morgan fingerprint density at radius 1 is 1.11 bits per heavy atom. The number of rotatable bonds is 6. The minimum atomic E-state index is -0.689. The molecule has 0 saturated heterocycles. The number of aryl methyl sites for hydroxylation is 2. The SMILES string of the molecule is Cc1ccc(N(CCC#N)C(=O)COC(=O)c2oc3ccccc3c2C)cc1. The van der Waals surface area contributed by atoms with E-state index >= 15 is 0 Å². The largest absolute Gasteiger partial charge is 0.450 e. The van der Waals surface area contributed by atoms with Crippen LogP contribution in [0.1, 0.15) is 28.1 Å². The first-order valence-electron chi connectivity index (χ1n) is 8.90. The van der Waals surface area contributed by atoms with E-state index < -0.39 is 18.5 Å². The zero-order chi connectivity index (χ0) is 20.1. The number of para-hydroxylation sites is 1. The molecule has 3 aromatic rings. The van der Waals surface area contributed by atoms with Crippen molar-refractivity contribution in [1.82, 2.24) is 0 Å². The van der Waals surface area contributed by atoms with Crippen molar-refractivity contribution in [3.05, 3.63) is 65.4 Å². The Balaban J connectivity index is 1.72. The van der Waals surface area contributed by atoms with Crippen LogP contribution in [-0.2, 0) is 9.53 Å². The predicted molar refractivity (Wildman–Crippen MR) is 105 cm³/mol. The summed E-state index contributed by atoms with van der Waals surface area (Å²) in [6, 6.07) is 16.7. The van der Waals surface area contributed by atoms with Gasteiger partial charge in [0.1, 0.15) is 5.58 Å². The summed E-state index contributed by atoms with van der Waals surface area (Å²) in [4.78, 5) is 26.5. The molecule has 28 heavy (non-hydrogen) atoms. The number of benzene rings is 2. The van der Waals surface area contributed by atoms with Crippen LogP contribution in [0.5, 0.6) is 0 Å². The van der Waals surface area contributed by atoms with Crippen molar-refractivity contribution in [2.75, 3.05) is 18.1 Å². The maximum Gasteiger partial charge on any atom is 0.375 e. The van der Waals surface area contributed by atoms with E-state index in [1.165, 1.54) is 4.90 Å². The Morgan fingerprint density at radius 3 is 2.50 bits per heavy atom. The van der Waals surface area contributed by atoms with E-state index in [4.69, 9.17) is 14.4 Å². The highest BCUT2D eigenvalue weighted by Crippen LogP contribution is 2.25. The van der Waals surface area contributed by atoms with Gasteiger partial charge in [-0.1, -0.05) is 35.9 Å². The van der Waals surface area contributed by atoms with Crippen molar-refractivity contribution in [3.8, 4) is 6.07 Å². The maximum atomic E-state index is 12.6. The van der Waals surface area contributed by atoms with Gasteiger partial charge in [0.2, 0.25) is 5.76 Å². The van der Waals surface area contributed by atoms with E-state index in [0.717, 1.165) is 10.9 Å². The zero-order valence-electron chi connectivity index (χ0n) is 15.8. The second-order valence-corrected chi connectivity index (χ2v) is 6.42. The Morgan fingerprint density at radius 2 is 1.82 bits per heavy atom. The lowest BCUT2D eigenvalue weighted by Gasteiger charge is -2.21. The van der Waals surface area contributed by atoms with Crippen molar-refractivity contribution in [2.45, 2.75) is 20.3 Å². The fourth-order valence-corrected chi connectivity index (χ4v) is 2.92. The number of furan rings is 1. The number of ether oxygens (including phenoxy) is 1. The first-order valence-corrected chi connectivity index (χ1v) is 8.90. The van der Waals surface area contributed by atoms with E-state index in [-0.39, 0.29) is 18.7 Å². The lowest BCUT2D eigenvalue weighted by atomic mass is 10.1. The molecule has 0 saturated carbocycles. The molecule has 0 spiro atoms. The summed E-state index contributed by atoms with van der Waals surface area (Å²) in [5.41, 5.74) is 2.98. The number of fused-ring (bicyclic) bond motifs is 1. The van der Waals surface area contributed by atoms with Crippen molar-refractivity contribution in [2.24, 2.45) is 0 Å². The van der Waals surface area contributed by atoms with Crippen LogP contribution in [0.15, 0.2) is 52.9 Å². The van der Waals surface area contributed by atoms with E-state index in [9.17, 15) is 9.59 Å². The van der Waals surface area contributed by atoms with Gasteiger partial charge >= 0.3 is 5.97 Å². The van der Waals surface area contributed by atoms with Crippen LogP contribution < -0.4 is 4.90 Å². The van der Waals surface area contributed by atoms with Crippen LogP contribution in [0.2, 0.25) is 0 Å². The average Bonchev–Trinajstić information content (AvgIpc) is 3.04. The van der Waals surface area contributed by atoms with Crippen molar-refractivity contribution in [1.29, 1.82) is 5.26 Å². The molecule has 0 N–H and O–H groups in total. The Labute approximate surface area is 162 Å². The van der Waals surface area contributed by atoms with Crippen LogP contribution in [0.4, 0.5) is 5.69 Å². The fourth-order valence-electron chi connectivity index (χ4n) is 2.92. The summed E-state index contributed by atoms with van der Waals surface area (Å²) in [6.45, 7) is 3.51. The molecular formula is C22H20N2O4. The summed E-state index contributed by atoms with van der Waals surface area (Å²) < 4.78 is 10.8. The van der Waals surface area contributed by atoms with E-state index in [0.29, 0.717) is 16.8 Å². The number of nitrogens with zero attached hydrogens (tertiary/aromatic N) is 2. The second-order valence-electron chi connectivity index (χ2n) is 6.42. The summed E-state index contributed by atoms with van der Waals surface area (Å²) in [5.74, 6) is -1.000. The minimum Gasteiger partial charge on any atom is -0.450 e. The molecule has 0 unspecified atom stereocenters. The van der Waals surface area contributed by atoms with Crippen LogP contribution >= 0.6 is 0 Å². The summed E-state index contributed by atoms with van der Waals surface area (Å²) in [6.07, 6.45) is 0.177. The Bertz CT molecular complexity index is 1040. The van der Waals surface area contributed by atoms with Crippen molar-refractivity contribution in [3.63, 3.8) is 0 Å². The normalized spacial score (nSPS) is 10.5. The van der Waals surface area contributed by atoms with Crippen molar-refractivity contribution < 1.29 is 18.7 Å². The Hall–Kier alpha value is -3.59. The predicted octanol–water partition coefficient (Wildman–Crippen LogP) is 4.15. The third-order valence-corrected chi connectivity index (χ3v) is 4.45. The molecule has 6 heteroatoms. The van der Waals surface area contributed by atoms with E-state index in [1.807, 2.05) is 43.3 Å². The molecule has 1 amide bonds. The lowest BCUT2D eigenvalue weighted by Crippen LogP contribution is -2.35. The first kappa shape index (κ1) is 19.2. The van der Waals surface area contributed by atoms with Crippen LogP contribution in [0, 0.1) is 25.2 Å². The number of nitriles is 1. The highest BCUT2D eigenvalue weighted by atomic mass is 16.5. The molecular weight excluding hydrogens is 356 g/mol. The number of amides is 1. The zero-order valence-corrected chi connectivity index (χ0v) is 15.8. The van der Waals surface area contributed by atoms with Crippen LogP contribution in [0.25, 0.3) is 11.0 Å². The van der Waals surface area contributed by atoms with Crippen LogP contribution in [-0.4, -0.2) is 25.0 Å². The van der Waals surface area contributed by atoms with Gasteiger partial charge in [0.25, 0.3) is 5.91 Å². The van der Waals surface area contributed by atoms with Crippen molar-refractivity contribution >= 4 is 28.5 Å². The number of carbonyl (C=O) groups excluding carboxylic acids is 2. The van der Waals surface area contributed by atoms with Gasteiger partial charge in [-0.2, -0.15) is 5.26 Å². The van der Waals surface area contributed by atoms with Crippen LogP contribution in [0.3, 0.4) is 0 Å². The summed E-state index contributed by atoms with van der Waals surface area (Å²) in [5, 5.41) is 9.70. The molecule has 0 aliphatic rings. The smallest absolute Gasteiger partial charge is 0.375 e. The van der Waals surface area contributed by atoms with Gasteiger partial charge in [0.05, 0.1) is 12.5 Å². The van der Waals surface area contributed by atoms with Gasteiger partial charge in [-0.05, 0) is 32.0 Å². The molecule has 142 valence electrons. The second kappa shape index (κ2) is 8.40. The molecule has 3 rings (SSSR count). The molecule has 1 heterocycles. The number of anilines is 1. The van der Waals surface area contributed by atoms with Gasteiger partial charge in [0.15, 0.2) is 6.61 Å². The van der Waals surface area contributed by atoms with Gasteiger partial charge < -0.3 is 14.1 Å². The third kappa shape index (κ3) is 4.04. The third-order valence-electron chi connectivity index (χ3n) is 4.45.